The van der Waals surface area contributed by atoms with Gasteiger partial charge in [0.25, 0.3) is 0 Å². The zero-order chi connectivity index (χ0) is 15.8. The Bertz CT molecular complexity index is 1210. The second-order valence-corrected chi connectivity index (χ2v) is 6.69. The molecule has 6 rings (SSSR count). The van der Waals surface area contributed by atoms with E-state index in [1.807, 2.05) is 0 Å². The van der Waals surface area contributed by atoms with Gasteiger partial charge in [-0.05, 0) is 66.3 Å². The lowest BCUT2D eigenvalue weighted by atomic mass is 9.92. The molecular weight excluding hydrogens is 292 g/mol. The van der Waals surface area contributed by atoms with Gasteiger partial charge in [0.1, 0.15) is 6.10 Å². The van der Waals surface area contributed by atoms with Crippen molar-refractivity contribution in [1.82, 2.24) is 0 Å². The van der Waals surface area contributed by atoms with Crippen LogP contribution in [0.5, 0.6) is 0 Å². The third-order valence-corrected chi connectivity index (χ3v) is 5.50. The van der Waals surface area contributed by atoms with E-state index in [1.54, 1.807) is 0 Å². The fourth-order valence-electron chi connectivity index (χ4n) is 4.46. The zero-order valence-electron chi connectivity index (χ0n) is 13.0. The van der Waals surface area contributed by atoms with Crippen LogP contribution in [0, 0.1) is 0 Å². The molecule has 1 heteroatoms. The summed E-state index contributed by atoms with van der Waals surface area (Å²) >= 11 is 0. The largest absolute Gasteiger partial charge is 0.384 e. The van der Waals surface area contributed by atoms with Crippen molar-refractivity contribution >= 4 is 43.1 Å². The SMILES string of the molecule is OC1c2cccc3c4cc5ccccc5cc4c4cccc1c4c23. The molecule has 0 radical (unpaired) electrons. The predicted octanol–water partition coefficient (Wildman–Crippen LogP) is 5.69. The summed E-state index contributed by atoms with van der Waals surface area (Å²) in [6.07, 6.45) is -0.515. The minimum Gasteiger partial charge on any atom is -0.384 e. The molecule has 1 aliphatic rings. The average molecular weight is 306 g/mol. The van der Waals surface area contributed by atoms with Crippen LogP contribution in [0.2, 0.25) is 0 Å². The number of hydrogen-bond donors (Lipinski definition) is 1. The molecule has 5 aromatic carbocycles. The Morgan fingerprint density at radius 3 is 1.54 bits per heavy atom. The first-order chi connectivity index (χ1) is 11.8. The van der Waals surface area contributed by atoms with Gasteiger partial charge in [0.05, 0.1) is 0 Å². The molecule has 1 nitrogen and oxygen atoms in total. The molecule has 0 spiro atoms. The fourth-order valence-corrected chi connectivity index (χ4v) is 4.46. The van der Waals surface area contributed by atoms with E-state index in [4.69, 9.17) is 0 Å². The van der Waals surface area contributed by atoms with Crippen LogP contribution in [0.1, 0.15) is 17.2 Å². The highest BCUT2D eigenvalue weighted by Crippen LogP contribution is 2.47. The van der Waals surface area contributed by atoms with Gasteiger partial charge in [0.2, 0.25) is 0 Å². The zero-order valence-corrected chi connectivity index (χ0v) is 13.0. The van der Waals surface area contributed by atoms with Crippen LogP contribution in [0.3, 0.4) is 0 Å². The van der Waals surface area contributed by atoms with E-state index < -0.39 is 6.10 Å². The number of benzene rings is 5. The lowest BCUT2D eigenvalue weighted by Gasteiger charge is -2.11. The maximum atomic E-state index is 10.8. The Morgan fingerprint density at radius 1 is 0.542 bits per heavy atom. The maximum absolute atomic E-state index is 10.8. The maximum Gasteiger partial charge on any atom is 0.105 e. The molecule has 0 saturated heterocycles. The summed E-state index contributed by atoms with van der Waals surface area (Å²) < 4.78 is 0. The number of rotatable bonds is 0. The summed E-state index contributed by atoms with van der Waals surface area (Å²) in [4.78, 5) is 0. The molecule has 0 fully saturated rings. The first-order valence-electron chi connectivity index (χ1n) is 8.31. The average Bonchev–Trinajstić information content (AvgIpc) is 2.93. The molecule has 0 saturated carbocycles. The Labute approximate surface area is 138 Å². The van der Waals surface area contributed by atoms with Crippen molar-refractivity contribution in [2.24, 2.45) is 0 Å². The van der Waals surface area contributed by atoms with Crippen LogP contribution >= 0.6 is 0 Å². The normalized spacial score (nSPS) is 13.9. The number of fused-ring (bicyclic) bond motifs is 4. The quantitative estimate of drug-likeness (QED) is 0.288. The Balaban J connectivity index is 2.02. The highest BCUT2D eigenvalue weighted by Gasteiger charge is 2.26. The molecule has 1 aliphatic carbocycles. The lowest BCUT2D eigenvalue weighted by Crippen LogP contribution is -1.93. The van der Waals surface area contributed by atoms with Crippen molar-refractivity contribution in [3.05, 3.63) is 83.9 Å². The minimum atomic E-state index is -0.515. The van der Waals surface area contributed by atoms with Crippen molar-refractivity contribution in [3.8, 4) is 0 Å². The number of aliphatic hydroxyl groups is 1. The third-order valence-electron chi connectivity index (χ3n) is 5.50. The van der Waals surface area contributed by atoms with Crippen molar-refractivity contribution < 1.29 is 5.11 Å². The van der Waals surface area contributed by atoms with Gasteiger partial charge in [-0.15, -0.1) is 0 Å². The van der Waals surface area contributed by atoms with E-state index in [1.165, 1.54) is 43.1 Å². The van der Waals surface area contributed by atoms with Gasteiger partial charge in [-0.1, -0.05) is 60.7 Å². The summed E-state index contributed by atoms with van der Waals surface area (Å²) in [6, 6.07) is 25.7. The van der Waals surface area contributed by atoms with Crippen LogP contribution < -0.4 is 0 Å². The smallest absolute Gasteiger partial charge is 0.105 e. The monoisotopic (exact) mass is 306 g/mol. The highest BCUT2D eigenvalue weighted by atomic mass is 16.3. The molecular formula is C23H14O. The standard InChI is InChI=1S/C23H14O/c24-23-17-9-3-7-15-19-11-13-5-1-2-6-14(13)12-20(19)16-8-4-10-18(23)22(16)21(15)17/h1-12,23-24H. The van der Waals surface area contributed by atoms with Gasteiger partial charge >= 0.3 is 0 Å². The molecule has 0 bridgehead atoms. The molecule has 5 aromatic rings. The Hall–Kier alpha value is -2.90. The minimum absolute atomic E-state index is 0.515. The van der Waals surface area contributed by atoms with Gasteiger partial charge in [-0.3, -0.25) is 0 Å². The molecule has 0 amide bonds. The van der Waals surface area contributed by atoms with E-state index in [2.05, 4.69) is 72.8 Å². The summed E-state index contributed by atoms with van der Waals surface area (Å²) in [5, 5.41) is 20.7. The molecule has 24 heavy (non-hydrogen) atoms. The highest BCUT2D eigenvalue weighted by molar-refractivity contribution is 6.30. The predicted molar refractivity (Wildman–Crippen MR) is 101 cm³/mol. The fraction of sp³-hybridized carbons (Fsp3) is 0.0435. The summed E-state index contributed by atoms with van der Waals surface area (Å²) in [6.45, 7) is 0. The first kappa shape index (κ1) is 12.5. The number of hydrogen-bond acceptors (Lipinski definition) is 1. The van der Waals surface area contributed by atoms with Crippen LogP contribution in [0.15, 0.2) is 72.8 Å². The summed E-state index contributed by atoms with van der Waals surface area (Å²) in [5.74, 6) is 0. The second kappa shape index (κ2) is 4.14. The van der Waals surface area contributed by atoms with Crippen molar-refractivity contribution in [3.63, 3.8) is 0 Å². The van der Waals surface area contributed by atoms with Gasteiger partial charge in [-0.25, -0.2) is 0 Å². The van der Waals surface area contributed by atoms with E-state index >= 15 is 0 Å². The second-order valence-electron chi connectivity index (χ2n) is 6.69. The Kier molecular flexibility index (Phi) is 2.16. The van der Waals surface area contributed by atoms with Gasteiger partial charge in [0, 0.05) is 0 Å². The van der Waals surface area contributed by atoms with Crippen molar-refractivity contribution in [1.29, 1.82) is 0 Å². The number of aliphatic hydroxyl groups excluding tert-OH is 1. The first-order valence-corrected chi connectivity index (χ1v) is 8.31. The molecule has 112 valence electrons. The molecule has 0 atom stereocenters. The molecule has 0 heterocycles. The van der Waals surface area contributed by atoms with Crippen LogP contribution in [0.25, 0.3) is 43.1 Å². The van der Waals surface area contributed by atoms with E-state index in [9.17, 15) is 5.11 Å². The van der Waals surface area contributed by atoms with E-state index in [0.717, 1.165) is 11.1 Å². The Morgan fingerprint density at radius 2 is 1.04 bits per heavy atom. The van der Waals surface area contributed by atoms with Gasteiger partial charge < -0.3 is 5.11 Å². The lowest BCUT2D eigenvalue weighted by molar-refractivity contribution is 0.226. The van der Waals surface area contributed by atoms with Crippen molar-refractivity contribution in [2.75, 3.05) is 0 Å². The third kappa shape index (κ3) is 1.35. The van der Waals surface area contributed by atoms with Gasteiger partial charge in [-0.2, -0.15) is 0 Å². The van der Waals surface area contributed by atoms with Crippen molar-refractivity contribution in [2.45, 2.75) is 6.10 Å². The molecule has 0 aliphatic heterocycles. The molecule has 0 unspecified atom stereocenters. The topological polar surface area (TPSA) is 20.2 Å². The molecule has 0 aromatic heterocycles. The van der Waals surface area contributed by atoms with Crippen LogP contribution in [-0.4, -0.2) is 5.11 Å². The van der Waals surface area contributed by atoms with E-state index in [0.29, 0.717) is 0 Å². The van der Waals surface area contributed by atoms with E-state index in [-0.39, 0.29) is 0 Å². The van der Waals surface area contributed by atoms with Gasteiger partial charge in [0.15, 0.2) is 0 Å². The molecule has 1 N–H and O–H groups in total. The van der Waals surface area contributed by atoms with Crippen LogP contribution in [0.4, 0.5) is 0 Å². The summed E-state index contributed by atoms with van der Waals surface area (Å²) in [7, 11) is 0. The van der Waals surface area contributed by atoms with Crippen LogP contribution in [-0.2, 0) is 0 Å². The summed E-state index contributed by atoms with van der Waals surface area (Å²) in [5.41, 5.74) is 2.07.